The highest BCUT2D eigenvalue weighted by molar-refractivity contribution is 5.68. The summed E-state index contributed by atoms with van der Waals surface area (Å²) in [5.41, 5.74) is 0. The standard InChI is InChI=1S/C14H21NO8/c1-8(16)21-7-12(22-9(2)17)14(23-10(3)18)13(20-5)11(6-15)19-4/h11-14H,7H2,1-5H3/t11-,12+,13+,14+/m1/s1. The second-order valence-electron chi connectivity index (χ2n) is 4.51. The van der Waals surface area contributed by atoms with Gasteiger partial charge in [0.15, 0.2) is 18.3 Å². The topological polar surface area (TPSA) is 121 Å². The molecule has 9 nitrogen and oxygen atoms in total. The van der Waals surface area contributed by atoms with Crippen LogP contribution in [0.4, 0.5) is 0 Å². The Hall–Kier alpha value is -2.18. The van der Waals surface area contributed by atoms with Crippen LogP contribution in [0.3, 0.4) is 0 Å². The predicted octanol–water partition coefficient (Wildman–Crippen LogP) is -0.0335. The van der Waals surface area contributed by atoms with Crippen molar-refractivity contribution < 1.29 is 38.1 Å². The zero-order valence-electron chi connectivity index (χ0n) is 13.7. The fourth-order valence-corrected chi connectivity index (χ4v) is 1.85. The Morgan fingerprint density at radius 3 is 1.83 bits per heavy atom. The summed E-state index contributed by atoms with van der Waals surface area (Å²) in [5, 5.41) is 9.10. The molecule has 0 bridgehead atoms. The first-order chi connectivity index (χ1) is 10.8. The molecule has 0 fully saturated rings. The van der Waals surface area contributed by atoms with E-state index in [1.54, 1.807) is 0 Å². The Balaban J connectivity index is 5.53. The Bertz CT molecular complexity index is 458. The highest BCUT2D eigenvalue weighted by Crippen LogP contribution is 2.18. The second-order valence-corrected chi connectivity index (χ2v) is 4.51. The Morgan fingerprint density at radius 1 is 0.913 bits per heavy atom. The van der Waals surface area contributed by atoms with Gasteiger partial charge < -0.3 is 23.7 Å². The summed E-state index contributed by atoms with van der Waals surface area (Å²) >= 11 is 0. The van der Waals surface area contributed by atoms with Crippen molar-refractivity contribution in [2.75, 3.05) is 20.8 Å². The number of hydrogen-bond acceptors (Lipinski definition) is 9. The third-order valence-electron chi connectivity index (χ3n) is 2.71. The molecule has 4 atom stereocenters. The van der Waals surface area contributed by atoms with Crippen molar-refractivity contribution in [2.45, 2.75) is 45.2 Å². The summed E-state index contributed by atoms with van der Waals surface area (Å²) in [6, 6.07) is 1.84. The third kappa shape index (κ3) is 7.58. The van der Waals surface area contributed by atoms with E-state index in [0.29, 0.717) is 0 Å². The lowest BCUT2D eigenvalue weighted by Gasteiger charge is -2.32. The minimum Gasteiger partial charge on any atom is -0.462 e. The summed E-state index contributed by atoms with van der Waals surface area (Å²) in [4.78, 5) is 33.6. The van der Waals surface area contributed by atoms with Gasteiger partial charge in [0.1, 0.15) is 12.7 Å². The van der Waals surface area contributed by atoms with Crippen molar-refractivity contribution in [3.63, 3.8) is 0 Å². The summed E-state index contributed by atoms with van der Waals surface area (Å²) in [5.74, 6) is -1.98. The third-order valence-corrected chi connectivity index (χ3v) is 2.71. The van der Waals surface area contributed by atoms with Crippen LogP contribution in [-0.4, -0.2) is 63.2 Å². The number of hydrogen-bond donors (Lipinski definition) is 0. The van der Waals surface area contributed by atoms with E-state index in [1.165, 1.54) is 21.1 Å². The van der Waals surface area contributed by atoms with E-state index >= 15 is 0 Å². The van der Waals surface area contributed by atoms with Crippen LogP contribution < -0.4 is 0 Å². The number of methoxy groups -OCH3 is 2. The number of ether oxygens (including phenoxy) is 5. The summed E-state index contributed by atoms with van der Waals surface area (Å²) in [6.45, 7) is 3.09. The van der Waals surface area contributed by atoms with E-state index in [0.717, 1.165) is 13.8 Å². The second kappa shape index (κ2) is 10.5. The summed E-state index contributed by atoms with van der Waals surface area (Å²) < 4.78 is 25.1. The monoisotopic (exact) mass is 331 g/mol. The Morgan fingerprint density at radius 2 is 1.48 bits per heavy atom. The van der Waals surface area contributed by atoms with Crippen molar-refractivity contribution in [3.8, 4) is 6.07 Å². The Labute approximate surface area is 134 Å². The molecule has 0 aliphatic carbocycles. The van der Waals surface area contributed by atoms with Gasteiger partial charge >= 0.3 is 17.9 Å². The molecule has 23 heavy (non-hydrogen) atoms. The molecular weight excluding hydrogens is 310 g/mol. The fourth-order valence-electron chi connectivity index (χ4n) is 1.85. The zero-order chi connectivity index (χ0) is 18.0. The molecular formula is C14H21NO8. The SMILES string of the molecule is CO[C@H]([C@@H](OC(C)=O)[C@H](COC(C)=O)OC(C)=O)[C@@H](C#N)OC. The minimum atomic E-state index is -1.20. The summed E-state index contributed by atoms with van der Waals surface area (Å²) in [6.07, 6.45) is -4.52. The zero-order valence-corrected chi connectivity index (χ0v) is 13.7. The lowest BCUT2D eigenvalue weighted by atomic mass is 10.0. The van der Waals surface area contributed by atoms with Gasteiger partial charge in [0.25, 0.3) is 0 Å². The molecule has 0 spiro atoms. The number of nitriles is 1. The van der Waals surface area contributed by atoms with Crippen molar-refractivity contribution in [2.24, 2.45) is 0 Å². The maximum atomic E-state index is 11.4. The highest BCUT2D eigenvalue weighted by Gasteiger charge is 2.40. The molecule has 0 N–H and O–H groups in total. The first kappa shape index (κ1) is 20.8. The van der Waals surface area contributed by atoms with Crippen molar-refractivity contribution in [3.05, 3.63) is 0 Å². The lowest BCUT2D eigenvalue weighted by molar-refractivity contribution is -0.190. The molecule has 0 saturated carbocycles. The first-order valence-electron chi connectivity index (χ1n) is 6.69. The maximum absolute atomic E-state index is 11.4. The Kier molecular flexibility index (Phi) is 9.53. The largest absolute Gasteiger partial charge is 0.462 e. The summed E-state index contributed by atoms with van der Waals surface area (Å²) in [7, 11) is 2.55. The van der Waals surface area contributed by atoms with Crippen LogP contribution in [0.2, 0.25) is 0 Å². The number of nitrogens with zero attached hydrogens (tertiary/aromatic N) is 1. The van der Waals surface area contributed by atoms with Crippen molar-refractivity contribution in [1.82, 2.24) is 0 Å². The van der Waals surface area contributed by atoms with E-state index in [4.69, 9.17) is 28.9 Å². The quantitative estimate of drug-likeness (QED) is 0.423. The molecule has 0 aliphatic rings. The molecule has 0 radical (unpaired) electrons. The van der Waals surface area contributed by atoms with Crippen LogP contribution in [0, 0.1) is 11.3 Å². The number of carbonyl (C=O) groups excluding carboxylic acids is 3. The molecule has 0 saturated heterocycles. The van der Waals surface area contributed by atoms with Crippen LogP contribution in [0.25, 0.3) is 0 Å². The van der Waals surface area contributed by atoms with Crippen molar-refractivity contribution >= 4 is 17.9 Å². The van der Waals surface area contributed by atoms with Crippen LogP contribution in [-0.2, 0) is 38.1 Å². The molecule has 0 aromatic heterocycles. The highest BCUT2D eigenvalue weighted by atomic mass is 16.6. The smallest absolute Gasteiger partial charge is 0.303 e. The van der Waals surface area contributed by atoms with E-state index in [1.807, 2.05) is 6.07 Å². The van der Waals surface area contributed by atoms with E-state index in [9.17, 15) is 14.4 Å². The van der Waals surface area contributed by atoms with E-state index in [2.05, 4.69) is 0 Å². The number of carbonyl (C=O) groups is 3. The molecule has 0 rings (SSSR count). The van der Waals surface area contributed by atoms with Gasteiger partial charge in [-0.25, -0.2) is 0 Å². The predicted molar refractivity (Wildman–Crippen MR) is 74.9 cm³/mol. The van der Waals surface area contributed by atoms with Gasteiger partial charge in [0.2, 0.25) is 0 Å². The average molecular weight is 331 g/mol. The van der Waals surface area contributed by atoms with Crippen LogP contribution >= 0.6 is 0 Å². The number of esters is 3. The lowest BCUT2D eigenvalue weighted by Crippen LogP contribution is -2.51. The first-order valence-corrected chi connectivity index (χ1v) is 6.69. The molecule has 0 aromatic carbocycles. The van der Waals surface area contributed by atoms with Gasteiger partial charge in [-0.2, -0.15) is 5.26 Å². The van der Waals surface area contributed by atoms with Gasteiger partial charge in [-0.15, -0.1) is 0 Å². The average Bonchev–Trinajstić information content (AvgIpc) is 2.46. The molecule has 9 heteroatoms. The van der Waals surface area contributed by atoms with Gasteiger partial charge in [-0.05, 0) is 0 Å². The van der Waals surface area contributed by atoms with E-state index in [-0.39, 0.29) is 6.61 Å². The minimum absolute atomic E-state index is 0.366. The van der Waals surface area contributed by atoms with Crippen LogP contribution in [0.1, 0.15) is 20.8 Å². The normalized spacial score (nSPS) is 15.5. The van der Waals surface area contributed by atoms with E-state index < -0.39 is 42.3 Å². The molecule has 0 aromatic rings. The molecule has 0 aliphatic heterocycles. The van der Waals surface area contributed by atoms with Crippen molar-refractivity contribution in [1.29, 1.82) is 5.26 Å². The molecule has 0 heterocycles. The van der Waals surface area contributed by atoms with Crippen LogP contribution in [0.5, 0.6) is 0 Å². The number of rotatable bonds is 9. The van der Waals surface area contributed by atoms with Gasteiger partial charge in [-0.1, -0.05) is 0 Å². The van der Waals surface area contributed by atoms with Gasteiger partial charge in [0.05, 0.1) is 6.07 Å². The van der Waals surface area contributed by atoms with Gasteiger partial charge in [-0.3, -0.25) is 14.4 Å². The molecule has 0 unspecified atom stereocenters. The van der Waals surface area contributed by atoms with Crippen LogP contribution in [0.15, 0.2) is 0 Å². The van der Waals surface area contributed by atoms with Gasteiger partial charge in [0, 0.05) is 35.0 Å². The molecule has 130 valence electrons. The fraction of sp³-hybridized carbons (Fsp3) is 0.714. The maximum Gasteiger partial charge on any atom is 0.303 e. The molecule has 0 amide bonds.